The lowest BCUT2D eigenvalue weighted by atomic mass is 10.1. The van der Waals surface area contributed by atoms with Gasteiger partial charge in [-0.05, 0) is 46.1 Å². The van der Waals surface area contributed by atoms with E-state index in [0.29, 0.717) is 48.7 Å². The van der Waals surface area contributed by atoms with E-state index >= 15 is 0 Å². The van der Waals surface area contributed by atoms with Crippen molar-refractivity contribution in [1.82, 2.24) is 24.8 Å². The van der Waals surface area contributed by atoms with Crippen LogP contribution in [0.15, 0.2) is 16.0 Å². The van der Waals surface area contributed by atoms with Gasteiger partial charge in [-0.1, -0.05) is 18.7 Å². The number of carbonyl (C=O) groups is 2. The number of hydrogen-bond acceptors (Lipinski definition) is 6. The molecule has 0 radical (unpaired) electrons. The normalized spacial score (nSPS) is 15.8. The third-order valence-electron chi connectivity index (χ3n) is 5.54. The van der Waals surface area contributed by atoms with Crippen LogP contribution < -0.4 is 10.9 Å². The number of hydrogen-bond donors (Lipinski definition) is 2. The van der Waals surface area contributed by atoms with Crippen LogP contribution in [0.5, 0.6) is 0 Å². The van der Waals surface area contributed by atoms with Crippen LogP contribution >= 0.6 is 11.8 Å². The highest BCUT2D eigenvalue weighted by Crippen LogP contribution is 2.23. The summed E-state index contributed by atoms with van der Waals surface area (Å²) in [5.41, 5.74) is 1.89. The summed E-state index contributed by atoms with van der Waals surface area (Å²) in [7, 11) is 0. The highest BCUT2D eigenvalue weighted by molar-refractivity contribution is 7.99. The number of amides is 2. The maximum Gasteiger partial charge on any atom is 0.409 e. The summed E-state index contributed by atoms with van der Waals surface area (Å²) in [5, 5.41) is 3.59. The van der Waals surface area contributed by atoms with Crippen LogP contribution in [0.4, 0.5) is 4.79 Å². The average molecular weight is 450 g/mol. The van der Waals surface area contributed by atoms with Gasteiger partial charge < -0.3 is 19.9 Å². The van der Waals surface area contributed by atoms with E-state index in [4.69, 9.17) is 4.74 Å². The van der Waals surface area contributed by atoms with E-state index in [-0.39, 0.29) is 35.4 Å². The Labute approximate surface area is 185 Å². The van der Waals surface area contributed by atoms with Crippen LogP contribution in [-0.4, -0.2) is 62.9 Å². The Morgan fingerprint density at radius 3 is 2.71 bits per heavy atom. The Kier molecular flexibility index (Phi) is 7.64. The van der Waals surface area contributed by atoms with Gasteiger partial charge in [-0.3, -0.25) is 14.2 Å². The minimum absolute atomic E-state index is 0.0224. The van der Waals surface area contributed by atoms with E-state index in [9.17, 15) is 14.4 Å². The molecule has 1 aliphatic rings. The molecule has 1 saturated heterocycles. The molecule has 0 spiro atoms. The molecule has 2 N–H and O–H groups in total. The second-order valence-electron chi connectivity index (χ2n) is 7.86. The summed E-state index contributed by atoms with van der Waals surface area (Å²) in [6.07, 6.45) is 1.87. The van der Waals surface area contributed by atoms with E-state index in [1.807, 2.05) is 26.8 Å². The molecular formula is C21H31N5O4S. The second kappa shape index (κ2) is 10.2. The zero-order chi connectivity index (χ0) is 22.5. The molecule has 2 amide bonds. The second-order valence-corrected chi connectivity index (χ2v) is 8.80. The molecule has 1 atom stereocenters. The highest BCUT2D eigenvalue weighted by Gasteiger charge is 2.25. The number of carbonyl (C=O) groups excluding carboxylic acids is 2. The summed E-state index contributed by atoms with van der Waals surface area (Å²) < 4.78 is 6.70. The summed E-state index contributed by atoms with van der Waals surface area (Å²) in [6, 6.07) is 1.85. The fraction of sp³-hybridized carbons (Fsp3) is 0.619. The maximum atomic E-state index is 13.0. The fourth-order valence-electron chi connectivity index (χ4n) is 3.68. The zero-order valence-electron chi connectivity index (χ0n) is 18.6. The van der Waals surface area contributed by atoms with Crippen LogP contribution in [0.3, 0.4) is 0 Å². The summed E-state index contributed by atoms with van der Waals surface area (Å²) >= 11 is 1.28. The zero-order valence-corrected chi connectivity index (χ0v) is 19.4. The van der Waals surface area contributed by atoms with Crippen LogP contribution in [-0.2, 0) is 9.53 Å². The average Bonchev–Trinajstić information content (AvgIpc) is 3.13. The largest absolute Gasteiger partial charge is 0.450 e. The van der Waals surface area contributed by atoms with Crippen molar-refractivity contribution < 1.29 is 14.3 Å². The van der Waals surface area contributed by atoms with Crippen molar-refractivity contribution in [3.05, 3.63) is 22.1 Å². The van der Waals surface area contributed by atoms with Crippen LogP contribution in [0, 0.1) is 6.92 Å². The van der Waals surface area contributed by atoms with Crippen LogP contribution in [0.25, 0.3) is 11.0 Å². The SMILES string of the molecule is CCOC(=O)N1CCC(NC(=O)CSc2nc3cc(C)[nH]c3c(=O)n2[C@H](C)CC)CC1. The summed E-state index contributed by atoms with van der Waals surface area (Å²) in [6.45, 7) is 9.16. The van der Waals surface area contributed by atoms with Gasteiger partial charge in [0.05, 0.1) is 17.9 Å². The monoisotopic (exact) mass is 449 g/mol. The maximum absolute atomic E-state index is 13.0. The van der Waals surface area contributed by atoms with E-state index in [1.54, 1.807) is 16.4 Å². The lowest BCUT2D eigenvalue weighted by molar-refractivity contribution is -0.119. The molecule has 0 saturated carbocycles. The molecule has 170 valence electrons. The van der Waals surface area contributed by atoms with Gasteiger partial charge in [0.2, 0.25) is 5.91 Å². The molecule has 1 aliphatic heterocycles. The smallest absolute Gasteiger partial charge is 0.409 e. The molecule has 2 aromatic heterocycles. The minimum atomic E-state index is -0.299. The molecule has 2 aromatic rings. The van der Waals surface area contributed by atoms with Crippen molar-refractivity contribution in [3.8, 4) is 0 Å². The van der Waals surface area contributed by atoms with Crippen molar-refractivity contribution in [2.45, 2.75) is 64.2 Å². The molecule has 3 heterocycles. The standard InChI is InChI=1S/C21H31N5O4S/c1-5-14(4)26-19(28)18-16(11-13(3)22-18)24-20(26)31-12-17(27)23-15-7-9-25(10-8-15)21(29)30-6-2/h11,14-15,22H,5-10,12H2,1-4H3,(H,23,27)/t14-/m1/s1. The fourth-order valence-corrected chi connectivity index (χ4v) is 4.59. The number of nitrogens with zero attached hydrogens (tertiary/aromatic N) is 3. The van der Waals surface area contributed by atoms with E-state index in [2.05, 4.69) is 15.3 Å². The number of likely N-dealkylation sites (tertiary alicyclic amines) is 1. The molecular weight excluding hydrogens is 418 g/mol. The third-order valence-corrected chi connectivity index (χ3v) is 6.49. The number of rotatable bonds is 7. The van der Waals surface area contributed by atoms with E-state index in [0.717, 1.165) is 12.1 Å². The van der Waals surface area contributed by atoms with Crippen molar-refractivity contribution in [3.63, 3.8) is 0 Å². The highest BCUT2D eigenvalue weighted by atomic mass is 32.2. The first-order chi connectivity index (χ1) is 14.8. The summed E-state index contributed by atoms with van der Waals surface area (Å²) in [5.74, 6) is 0.0745. The number of thioether (sulfide) groups is 1. The van der Waals surface area contributed by atoms with Gasteiger partial charge in [0.1, 0.15) is 5.52 Å². The predicted molar refractivity (Wildman–Crippen MR) is 121 cm³/mol. The lowest BCUT2D eigenvalue weighted by Gasteiger charge is -2.31. The molecule has 0 unspecified atom stereocenters. The topological polar surface area (TPSA) is 109 Å². The molecule has 1 fully saturated rings. The van der Waals surface area contributed by atoms with Gasteiger partial charge in [-0.2, -0.15) is 0 Å². The Bertz CT molecular complexity index is 994. The molecule has 31 heavy (non-hydrogen) atoms. The number of fused-ring (bicyclic) bond motifs is 1. The minimum Gasteiger partial charge on any atom is -0.450 e. The Morgan fingerprint density at radius 1 is 1.35 bits per heavy atom. The first kappa shape index (κ1) is 23.2. The van der Waals surface area contributed by atoms with E-state index in [1.165, 1.54) is 11.8 Å². The lowest BCUT2D eigenvalue weighted by Crippen LogP contribution is -2.47. The number of nitrogens with one attached hydrogen (secondary N) is 2. The molecule has 9 nitrogen and oxygen atoms in total. The Hall–Kier alpha value is -2.49. The molecule has 10 heteroatoms. The van der Waals surface area contributed by atoms with Crippen LogP contribution in [0.2, 0.25) is 0 Å². The van der Waals surface area contributed by atoms with Gasteiger partial charge in [-0.15, -0.1) is 0 Å². The van der Waals surface area contributed by atoms with Crippen molar-refractivity contribution in [2.24, 2.45) is 0 Å². The van der Waals surface area contributed by atoms with Gasteiger partial charge in [-0.25, -0.2) is 9.78 Å². The van der Waals surface area contributed by atoms with Crippen molar-refractivity contribution >= 4 is 34.8 Å². The Balaban J connectivity index is 1.62. The Morgan fingerprint density at radius 2 is 2.06 bits per heavy atom. The quantitative estimate of drug-likeness (QED) is 0.497. The van der Waals surface area contributed by atoms with Gasteiger partial charge in [0, 0.05) is 30.9 Å². The molecule has 0 aromatic carbocycles. The van der Waals surface area contributed by atoms with Crippen LogP contribution in [0.1, 0.15) is 51.8 Å². The van der Waals surface area contributed by atoms with Gasteiger partial charge in [0.15, 0.2) is 5.16 Å². The molecule has 0 aliphatic carbocycles. The van der Waals surface area contributed by atoms with Gasteiger partial charge in [0.25, 0.3) is 5.56 Å². The summed E-state index contributed by atoms with van der Waals surface area (Å²) in [4.78, 5) is 46.7. The number of aryl methyl sites for hydroxylation is 1. The number of ether oxygens (including phenoxy) is 1. The van der Waals surface area contributed by atoms with Gasteiger partial charge >= 0.3 is 6.09 Å². The first-order valence-corrected chi connectivity index (χ1v) is 11.8. The van der Waals surface area contributed by atoms with E-state index < -0.39 is 0 Å². The first-order valence-electron chi connectivity index (χ1n) is 10.8. The van der Waals surface area contributed by atoms with Crippen molar-refractivity contribution in [1.29, 1.82) is 0 Å². The molecule has 0 bridgehead atoms. The third kappa shape index (κ3) is 5.41. The number of H-pyrrole nitrogens is 1. The predicted octanol–water partition coefficient (Wildman–Crippen LogP) is 2.83. The number of aromatic amines is 1. The number of piperidine rings is 1. The molecule has 3 rings (SSSR count). The van der Waals surface area contributed by atoms with Crippen molar-refractivity contribution in [2.75, 3.05) is 25.4 Å². The number of aromatic nitrogens is 3.